The van der Waals surface area contributed by atoms with Crippen molar-refractivity contribution in [1.29, 1.82) is 0 Å². The Morgan fingerprint density at radius 2 is 1.77 bits per heavy atom. The molecule has 0 aromatic heterocycles. The quantitative estimate of drug-likeness (QED) is 0.627. The summed E-state index contributed by atoms with van der Waals surface area (Å²) in [5, 5.41) is 10.6. The number of non-ortho nitro benzene ring substituents is 1. The summed E-state index contributed by atoms with van der Waals surface area (Å²) in [5.41, 5.74) is 7.53. The van der Waals surface area contributed by atoms with E-state index in [1.165, 1.54) is 12.1 Å². The maximum absolute atomic E-state index is 10.6. The van der Waals surface area contributed by atoms with Crippen LogP contribution in [0.3, 0.4) is 0 Å². The van der Waals surface area contributed by atoms with Gasteiger partial charge in [0.2, 0.25) is 0 Å². The number of nitro groups is 1. The summed E-state index contributed by atoms with van der Waals surface area (Å²) < 4.78 is 11.0. The Bertz CT molecular complexity index is 641. The van der Waals surface area contributed by atoms with Gasteiger partial charge in [-0.15, -0.1) is 0 Å². The molecule has 0 saturated heterocycles. The molecular weight excluding hydrogens is 284 g/mol. The van der Waals surface area contributed by atoms with E-state index in [9.17, 15) is 10.1 Å². The highest BCUT2D eigenvalue weighted by atomic mass is 16.6. The van der Waals surface area contributed by atoms with Crippen LogP contribution in [0.2, 0.25) is 0 Å². The minimum atomic E-state index is -0.427. The lowest BCUT2D eigenvalue weighted by Gasteiger charge is -2.12. The standard InChI is InChI=1S/C16H18N2O4/c1-21-16-10-12(8-9-17)4-7-15(16)22-11-13-2-5-14(6-3-13)18(19)20/h2-7,10H,8-9,11,17H2,1H3. The van der Waals surface area contributed by atoms with Crippen molar-refractivity contribution in [2.24, 2.45) is 5.73 Å². The smallest absolute Gasteiger partial charge is 0.269 e. The lowest BCUT2D eigenvalue weighted by Crippen LogP contribution is -2.03. The predicted molar refractivity (Wildman–Crippen MR) is 83.2 cm³/mol. The fourth-order valence-corrected chi connectivity index (χ4v) is 2.03. The van der Waals surface area contributed by atoms with Gasteiger partial charge in [0.15, 0.2) is 11.5 Å². The van der Waals surface area contributed by atoms with Crippen LogP contribution in [0.5, 0.6) is 11.5 Å². The molecule has 0 atom stereocenters. The van der Waals surface area contributed by atoms with Gasteiger partial charge < -0.3 is 15.2 Å². The highest BCUT2D eigenvalue weighted by Crippen LogP contribution is 2.29. The molecule has 0 radical (unpaired) electrons. The van der Waals surface area contributed by atoms with E-state index in [1.54, 1.807) is 19.2 Å². The first-order valence-electron chi connectivity index (χ1n) is 6.87. The maximum Gasteiger partial charge on any atom is 0.269 e. The third-order valence-corrected chi connectivity index (χ3v) is 3.20. The number of nitrogens with two attached hydrogens (primary N) is 1. The summed E-state index contributed by atoms with van der Waals surface area (Å²) in [4.78, 5) is 10.2. The molecule has 0 saturated carbocycles. The van der Waals surface area contributed by atoms with Crippen LogP contribution in [0.1, 0.15) is 11.1 Å². The molecule has 0 heterocycles. The van der Waals surface area contributed by atoms with Crippen LogP contribution in [-0.4, -0.2) is 18.6 Å². The third-order valence-electron chi connectivity index (χ3n) is 3.20. The Hall–Kier alpha value is -2.60. The van der Waals surface area contributed by atoms with Gasteiger partial charge in [-0.2, -0.15) is 0 Å². The molecule has 0 aliphatic heterocycles. The summed E-state index contributed by atoms with van der Waals surface area (Å²) in [6.45, 7) is 0.886. The molecule has 116 valence electrons. The molecule has 6 nitrogen and oxygen atoms in total. The number of nitrogens with zero attached hydrogens (tertiary/aromatic N) is 1. The van der Waals surface area contributed by atoms with Crippen LogP contribution in [0.4, 0.5) is 5.69 Å². The summed E-state index contributed by atoms with van der Waals surface area (Å²) in [5.74, 6) is 1.27. The molecule has 2 aromatic carbocycles. The number of nitro benzene ring substituents is 1. The lowest BCUT2D eigenvalue weighted by atomic mass is 10.1. The van der Waals surface area contributed by atoms with E-state index in [-0.39, 0.29) is 5.69 Å². The summed E-state index contributed by atoms with van der Waals surface area (Å²) in [6.07, 6.45) is 0.777. The molecule has 0 fully saturated rings. The molecule has 6 heteroatoms. The van der Waals surface area contributed by atoms with Gasteiger partial charge in [-0.1, -0.05) is 6.07 Å². The number of methoxy groups -OCH3 is 1. The number of ether oxygens (including phenoxy) is 2. The van der Waals surface area contributed by atoms with Crippen molar-refractivity contribution < 1.29 is 14.4 Å². The summed E-state index contributed by atoms with van der Waals surface area (Å²) >= 11 is 0. The molecule has 0 aliphatic rings. The Labute approximate surface area is 128 Å². The van der Waals surface area contributed by atoms with E-state index in [0.717, 1.165) is 17.5 Å². The normalized spacial score (nSPS) is 10.3. The monoisotopic (exact) mass is 302 g/mol. The zero-order valence-corrected chi connectivity index (χ0v) is 12.3. The summed E-state index contributed by atoms with van der Waals surface area (Å²) in [7, 11) is 1.58. The number of hydrogen-bond acceptors (Lipinski definition) is 5. The van der Waals surface area contributed by atoms with Crippen LogP contribution in [-0.2, 0) is 13.0 Å². The van der Waals surface area contributed by atoms with E-state index >= 15 is 0 Å². The molecule has 2 N–H and O–H groups in total. The van der Waals surface area contributed by atoms with E-state index in [4.69, 9.17) is 15.2 Å². The predicted octanol–water partition coefficient (Wildman–Crippen LogP) is 2.68. The Balaban J connectivity index is 2.05. The van der Waals surface area contributed by atoms with Gasteiger partial charge in [0, 0.05) is 12.1 Å². The molecule has 0 amide bonds. The van der Waals surface area contributed by atoms with Crippen molar-refractivity contribution >= 4 is 5.69 Å². The Morgan fingerprint density at radius 3 is 2.36 bits per heavy atom. The van der Waals surface area contributed by atoms with E-state index in [2.05, 4.69) is 0 Å². The molecule has 22 heavy (non-hydrogen) atoms. The first-order chi connectivity index (χ1) is 10.6. The van der Waals surface area contributed by atoms with Gasteiger partial charge in [-0.25, -0.2) is 0 Å². The van der Waals surface area contributed by atoms with Crippen LogP contribution >= 0.6 is 0 Å². The zero-order chi connectivity index (χ0) is 15.9. The second kappa shape index (κ2) is 7.42. The topological polar surface area (TPSA) is 87.6 Å². The SMILES string of the molecule is COc1cc(CCN)ccc1OCc1ccc([N+](=O)[O-])cc1. The van der Waals surface area contributed by atoms with Crippen LogP contribution in [0, 0.1) is 10.1 Å². The molecule has 0 unspecified atom stereocenters. The average Bonchev–Trinajstić information content (AvgIpc) is 2.54. The maximum atomic E-state index is 10.6. The largest absolute Gasteiger partial charge is 0.493 e. The molecule has 2 aromatic rings. The Kier molecular flexibility index (Phi) is 5.32. The zero-order valence-electron chi connectivity index (χ0n) is 12.3. The van der Waals surface area contributed by atoms with Gasteiger partial charge >= 0.3 is 0 Å². The molecule has 2 rings (SSSR count). The van der Waals surface area contributed by atoms with Crippen molar-refractivity contribution in [3.63, 3.8) is 0 Å². The van der Waals surface area contributed by atoms with Crippen molar-refractivity contribution in [3.05, 3.63) is 63.7 Å². The average molecular weight is 302 g/mol. The first kappa shape index (κ1) is 15.8. The van der Waals surface area contributed by atoms with Gasteiger partial charge in [0.25, 0.3) is 5.69 Å². The highest BCUT2D eigenvalue weighted by molar-refractivity contribution is 5.43. The molecule has 0 spiro atoms. The second-order valence-electron chi connectivity index (χ2n) is 4.74. The minimum absolute atomic E-state index is 0.0625. The van der Waals surface area contributed by atoms with Gasteiger partial charge in [-0.05, 0) is 48.4 Å². The van der Waals surface area contributed by atoms with Crippen LogP contribution in [0.25, 0.3) is 0 Å². The lowest BCUT2D eigenvalue weighted by molar-refractivity contribution is -0.384. The molecule has 0 bridgehead atoms. The second-order valence-corrected chi connectivity index (χ2v) is 4.74. The van der Waals surface area contributed by atoms with E-state index in [1.807, 2.05) is 18.2 Å². The van der Waals surface area contributed by atoms with Gasteiger partial charge in [0.05, 0.1) is 12.0 Å². The fraction of sp³-hybridized carbons (Fsp3) is 0.250. The number of rotatable bonds is 7. The summed E-state index contributed by atoms with van der Waals surface area (Å²) in [6, 6.07) is 12.0. The molecule has 0 aliphatic carbocycles. The number of benzene rings is 2. The molecular formula is C16H18N2O4. The van der Waals surface area contributed by atoms with Crippen molar-refractivity contribution in [2.45, 2.75) is 13.0 Å². The van der Waals surface area contributed by atoms with Crippen LogP contribution < -0.4 is 15.2 Å². The fourth-order valence-electron chi connectivity index (χ4n) is 2.03. The minimum Gasteiger partial charge on any atom is -0.493 e. The Morgan fingerprint density at radius 1 is 1.09 bits per heavy atom. The third kappa shape index (κ3) is 3.95. The highest BCUT2D eigenvalue weighted by Gasteiger charge is 2.08. The van der Waals surface area contributed by atoms with Gasteiger partial charge in [0.1, 0.15) is 6.61 Å². The van der Waals surface area contributed by atoms with Crippen molar-refractivity contribution in [2.75, 3.05) is 13.7 Å². The van der Waals surface area contributed by atoms with Gasteiger partial charge in [-0.3, -0.25) is 10.1 Å². The van der Waals surface area contributed by atoms with E-state index in [0.29, 0.717) is 24.7 Å². The first-order valence-corrected chi connectivity index (χ1v) is 6.87. The van der Waals surface area contributed by atoms with Crippen molar-refractivity contribution in [1.82, 2.24) is 0 Å². The van der Waals surface area contributed by atoms with E-state index < -0.39 is 4.92 Å². The van der Waals surface area contributed by atoms with Crippen LogP contribution in [0.15, 0.2) is 42.5 Å². The number of hydrogen-bond donors (Lipinski definition) is 1. The van der Waals surface area contributed by atoms with Crippen molar-refractivity contribution in [3.8, 4) is 11.5 Å².